The lowest BCUT2D eigenvalue weighted by Gasteiger charge is -2.44. The topological polar surface area (TPSA) is 35.0 Å². The van der Waals surface area contributed by atoms with Crippen LogP contribution in [0, 0.1) is 0 Å². The van der Waals surface area contributed by atoms with Gasteiger partial charge < -0.3 is 4.74 Å². The SMILES string of the molecule is C1=C(c2ccc(-c3ccc4ccc5cccnc5c4n3)cc2)C2=C(CC1)C(c1ccccc1)(c1ccccc1)c1ccccc1O2. The molecule has 0 unspecified atom stereocenters. The summed E-state index contributed by atoms with van der Waals surface area (Å²) in [6, 6.07) is 51.7. The van der Waals surface area contributed by atoms with E-state index in [0.29, 0.717) is 0 Å². The molecule has 0 fully saturated rings. The molecule has 46 heavy (non-hydrogen) atoms. The Hall–Kier alpha value is -5.80. The molecule has 0 amide bonds. The average molecular weight is 591 g/mol. The number of para-hydroxylation sites is 1. The first kappa shape index (κ1) is 26.6. The summed E-state index contributed by atoms with van der Waals surface area (Å²) >= 11 is 0. The van der Waals surface area contributed by atoms with Gasteiger partial charge in [0.05, 0.1) is 22.1 Å². The average Bonchev–Trinajstić information content (AvgIpc) is 3.14. The molecule has 0 saturated carbocycles. The summed E-state index contributed by atoms with van der Waals surface area (Å²) in [6.07, 6.45) is 6.03. The Morgan fingerprint density at radius 2 is 1.22 bits per heavy atom. The number of nitrogens with zero attached hydrogens (tertiary/aromatic N) is 2. The maximum absolute atomic E-state index is 6.90. The highest BCUT2D eigenvalue weighted by Crippen LogP contribution is 2.56. The number of benzene rings is 5. The second kappa shape index (κ2) is 10.7. The van der Waals surface area contributed by atoms with Crippen LogP contribution in [0.25, 0.3) is 38.6 Å². The van der Waals surface area contributed by atoms with Gasteiger partial charge in [0.15, 0.2) is 0 Å². The molecule has 2 aliphatic rings. The number of ether oxygens (including phenoxy) is 1. The molecule has 3 nitrogen and oxygen atoms in total. The van der Waals surface area contributed by atoms with Crippen LogP contribution in [0.3, 0.4) is 0 Å². The minimum absolute atomic E-state index is 0.460. The Morgan fingerprint density at radius 1 is 0.565 bits per heavy atom. The normalized spacial score (nSPS) is 15.2. The molecule has 0 saturated heterocycles. The predicted molar refractivity (Wildman–Crippen MR) is 187 cm³/mol. The van der Waals surface area contributed by atoms with Crippen LogP contribution < -0.4 is 4.74 Å². The van der Waals surface area contributed by atoms with Crippen LogP contribution >= 0.6 is 0 Å². The van der Waals surface area contributed by atoms with Crippen LogP contribution in [0.2, 0.25) is 0 Å². The monoisotopic (exact) mass is 590 g/mol. The Bertz CT molecular complexity index is 2280. The van der Waals surface area contributed by atoms with Crippen molar-refractivity contribution in [1.82, 2.24) is 9.97 Å². The molecule has 218 valence electrons. The van der Waals surface area contributed by atoms with Crippen molar-refractivity contribution >= 4 is 27.4 Å². The van der Waals surface area contributed by atoms with Crippen LogP contribution in [0.15, 0.2) is 169 Å². The molecule has 2 aromatic heterocycles. The summed E-state index contributed by atoms with van der Waals surface area (Å²) < 4.78 is 6.90. The first-order valence-electron chi connectivity index (χ1n) is 15.9. The lowest BCUT2D eigenvalue weighted by molar-refractivity contribution is 0.392. The van der Waals surface area contributed by atoms with Gasteiger partial charge in [-0.3, -0.25) is 4.98 Å². The molecular formula is C43H30N2O. The fourth-order valence-electron chi connectivity index (χ4n) is 7.50. The summed E-state index contributed by atoms with van der Waals surface area (Å²) in [5.74, 6) is 1.87. The lowest BCUT2D eigenvalue weighted by Crippen LogP contribution is -2.37. The minimum atomic E-state index is -0.460. The van der Waals surface area contributed by atoms with Crippen molar-refractivity contribution < 1.29 is 4.74 Å². The fraction of sp³-hybridized carbons (Fsp3) is 0.0698. The van der Waals surface area contributed by atoms with E-state index in [1.807, 2.05) is 12.3 Å². The third-order valence-electron chi connectivity index (χ3n) is 9.55. The molecule has 1 aliphatic heterocycles. The van der Waals surface area contributed by atoms with E-state index >= 15 is 0 Å². The van der Waals surface area contributed by atoms with E-state index in [9.17, 15) is 0 Å². The highest BCUT2D eigenvalue weighted by Gasteiger charge is 2.47. The standard InChI is InChI=1S/C43H30N2O/c1-3-12-33(13-4-1)43(34-14-5-2-6-15-34)36-17-7-8-19-39(36)46-42-35(16-9-18-37(42)43)29-20-22-30(23-21-29)38-27-26-32-25-24-31-11-10-28-44-40(31)41(32)45-38/h1-8,10-17,19-28H,9,18H2. The van der Waals surface area contributed by atoms with Crippen LogP contribution in [0.4, 0.5) is 0 Å². The van der Waals surface area contributed by atoms with Gasteiger partial charge >= 0.3 is 0 Å². The molecule has 0 spiro atoms. The second-order valence-corrected chi connectivity index (χ2v) is 12.0. The van der Waals surface area contributed by atoms with E-state index in [4.69, 9.17) is 9.72 Å². The number of hydrogen-bond donors (Lipinski definition) is 0. The van der Waals surface area contributed by atoms with E-state index in [2.05, 4.69) is 151 Å². The summed E-state index contributed by atoms with van der Waals surface area (Å²) in [6.45, 7) is 0. The van der Waals surface area contributed by atoms with Crippen LogP contribution in [-0.4, -0.2) is 9.97 Å². The minimum Gasteiger partial charge on any atom is -0.456 e. The Morgan fingerprint density at radius 3 is 1.98 bits per heavy atom. The van der Waals surface area contributed by atoms with E-state index in [0.717, 1.165) is 68.6 Å². The van der Waals surface area contributed by atoms with Crippen molar-refractivity contribution in [2.45, 2.75) is 18.3 Å². The van der Waals surface area contributed by atoms with Crippen molar-refractivity contribution in [2.75, 3.05) is 0 Å². The lowest BCUT2D eigenvalue weighted by atomic mass is 9.61. The van der Waals surface area contributed by atoms with Crippen LogP contribution in [-0.2, 0) is 5.41 Å². The molecule has 3 heteroatoms. The van der Waals surface area contributed by atoms with Gasteiger partial charge in [-0.15, -0.1) is 0 Å². The van der Waals surface area contributed by atoms with E-state index in [1.165, 1.54) is 22.3 Å². The molecule has 0 atom stereocenters. The Labute approximate surface area is 268 Å². The highest BCUT2D eigenvalue weighted by molar-refractivity contribution is 6.03. The van der Waals surface area contributed by atoms with E-state index < -0.39 is 5.41 Å². The molecular weight excluding hydrogens is 560 g/mol. The van der Waals surface area contributed by atoms with Crippen molar-refractivity contribution in [3.63, 3.8) is 0 Å². The number of fused-ring (bicyclic) bond motifs is 4. The van der Waals surface area contributed by atoms with Crippen molar-refractivity contribution in [3.05, 3.63) is 191 Å². The third-order valence-corrected chi connectivity index (χ3v) is 9.55. The Kier molecular flexibility index (Phi) is 6.17. The maximum Gasteiger partial charge on any atom is 0.135 e. The summed E-state index contributed by atoms with van der Waals surface area (Å²) in [7, 11) is 0. The number of hydrogen-bond acceptors (Lipinski definition) is 3. The van der Waals surface area contributed by atoms with E-state index in [1.54, 1.807) is 0 Å². The molecule has 0 bridgehead atoms. The van der Waals surface area contributed by atoms with Gasteiger partial charge in [0, 0.05) is 33.7 Å². The maximum atomic E-state index is 6.90. The number of rotatable bonds is 4. The van der Waals surface area contributed by atoms with Crippen LogP contribution in [0.5, 0.6) is 5.75 Å². The van der Waals surface area contributed by atoms with Gasteiger partial charge in [-0.25, -0.2) is 4.98 Å². The summed E-state index contributed by atoms with van der Waals surface area (Å²) in [5, 5.41) is 2.19. The zero-order valence-corrected chi connectivity index (χ0v) is 25.2. The zero-order valence-electron chi connectivity index (χ0n) is 25.2. The third kappa shape index (κ3) is 4.05. The summed E-state index contributed by atoms with van der Waals surface area (Å²) in [5.41, 5.74) is 10.7. The summed E-state index contributed by atoms with van der Waals surface area (Å²) in [4.78, 5) is 9.72. The zero-order chi connectivity index (χ0) is 30.5. The molecule has 0 N–H and O–H groups in total. The quantitative estimate of drug-likeness (QED) is 0.191. The van der Waals surface area contributed by atoms with Gasteiger partial charge in [0.2, 0.25) is 0 Å². The van der Waals surface area contributed by atoms with Crippen molar-refractivity contribution in [2.24, 2.45) is 0 Å². The largest absolute Gasteiger partial charge is 0.456 e. The number of pyridine rings is 2. The van der Waals surface area contributed by atoms with Gasteiger partial charge in [-0.1, -0.05) is 133 Å². The van der Waals surface area contributed by atoms with Gasteiger partial charge in [0.1, 0.15) is 11.5 Å². The van der Waals surface area contributed by atoms with Gasteiger partial charge in [0.25, 0.3) is 0 Å². The Balaban J connectivity index is 1.18. The molecule has 0 radical (unpaired) electrons. The van der Waals surface area contributed by atoms with Gasteiger partial charge in [-0.2, -0.15) is 0 Å². The van der Waals surface area contributed by atoms with Crippen molar-refractivity contribution in [3.8, 4) is 17.0 Å². The number of allylic oxidation sites excluding steroid dienone is 3. The van der Waals surface area contributed by atoms with Crippen LogP contribution in [0.1, 0.15) is 35.1 Å². The fourth-order valence-corrected chi connectivity index (χ4v) is 7.50. The van der Waals surface area contributed by atoms with E-state index in [-0.39, 0.29) is 0 Å². The molecule has 5 aromatic carbocycles. The molecule has 1 aliphatic carbocycles. The smallest absolute Gasteiger partial charge is 0.135 e. The van der Waals surface area contributed by atoms with Crippen molar-refractivity contribution in [1.29, 1.82) is 0 Å². The first-order chi connectivity index (χ1) is 22.8. The number of aromatic nitrogens is 2. The highest BCUT2D eigenvalue weighted by atomic mass is 16.5. The molecule has 7 aromatic rings. The first-order valence-corrected chi connectivity index (χ1v) is 15.9. The second-order valence-electron chi connectivity index (χ2n) is 12.0. The predicted octanol–water partition coefficient (Wildman–Crippen LogP) is 10.3. The molecule has 3 heterocycles. The van der Waals surface area contributed by atoms with Gasteiger partial charge in [-0.05, 0) is 53.3 Å². The molecule has 9 rings (SSSR count).